The van der Waals surface area contributed by atoms with E-state index in [0.717, 1.165) is 4.31 Å². The quantitative estimate of drug-likeness (QED) is 0.531. The first-order valence-electron chi connectivity index (χ1n) is 3.20. The minimum atomic E-state index is -0.480. The highest BCUT2D eigenvalue weighted by atomic mass is 35.5. The second-order valence-electron chi connectivity index (χ2n) is 2.05. The van der Waals surface area contributed by atoms with E-state index in [2.05, 4.69) is 12.8 Å². The minimum absolute atomic E-state index is 0.480. The fourth-order valence-corrected chi connectivity index (χ4v) is 1.05. The molecule has 1 rings (SSSR count). The number of halogens is 1. The first kappa shape index (κ1) is 9.22. The molecular formula is C7H7ClN2OS. The Bertz CT molecular complexity index is 267. The zero-order valence-corrected chi connectivity index (χ0v) is 7.72. The smallest absolute Gasteiger partial charge is 0.249 e. The maximum atomic E-state index is 10.9. The van der Waals surface area contributed by atoms with Crippen LogP contribution in [0, 0.1) is 0 Å². The lowest BCUT2D eigenvalue weighted by Gasteiger charge is -2.12. The standard InChI is InChI=1S/C7H7ClN2OS/c8-9-7(11)10(12)6-4-2-1-3-5-6/h1-5,12H,(H,9,11). The molecule has 1 aromatic carbocycles. The molecule has 0 atom stereocenters. The number of urea groups is 1. The van der Waals surface area contributed by atoms with Crippen LogP contribution in [0.1, 0.15) is 0 Å². The molecule has 64 valence electrons. The summed E-state index contributed by atoms with van der Waals surface area (Å²) in [5.41, 5.74) is 0.666. The van der Waals surface area contributed by atoms with Crippen LogP contribution in [0.5, 0.6) is 0 Å². The predicted octanol–water partition coefficient (Wildman–Crippen LogP) is 2.20. The van der Waals surface area contributed by atoms with Crippen molar-refractivity contribution in [1.82, 2.24) is 4.84 Å². The van der Waals surface area contributed by atoms with Gasteiger partial charge in [0.25, 0.3) is 0 Å². The van der Waals surface area contributed by atoms with Gasteiger partial charge in [-0.2, -0.15) is 0 Å². The maximum Gasteiger partial charge on any atom is 0.346 e. The van der Waals surface area contributed by atoms with Crippen molar-refractivity contribution in [3.63, 3.8) is 0 Å². The summed E-state index contributed by atoms with van der Waals surface area (Å²) in [6, 6.07) is 8.48. The molecule has 0 radical (unpaired) electrons. The number of hydrogen-bond donors (Lipinski definition) is 2. The van der Waals surface area contributed by atoms with Gasteiger partial charge in [0.05, 0.1) is 5.69 Å². The Morgan fingerprint density at radius 2 is 2.00 bits per heavy atom. The third kappa shape index (κ3) is 2.06. The number of carbonyl (C=O) groups is 1. The second-order valence-corrected chi connectivity index (χ2v) is 2.64. The summed E-state index contributed by atoms with van der Waals surface area (Å²) in [6.45, 7) is 0. The lowest BCUT2D eigenvalue weighted by atomic mass is 10.3. The van der Waals surface area contributed by atoms with Crippen LogP contribution in [-0.2, 0) is 0 Å². The van der Waals surface area contributed by atoms with Gasteiger partial charge in [-0.05, 0) is 12.1 Å². The van der Waals surface area contributed by atoms with Crippen molar-refractivity contribution >= 4 is 36.3 Å². The fraction of sp³-hybridized carbons (Fsp3) is 0. The highest BCUT2D eigenvalue weighted by Crippen LogP contribution is 2.14. The van der Waals surface area contributed by atoms with Crippen LogP contribution in [0.25, 0.3) is 0 Å². The van der Waals surface area contributed by atoms with E-state index >= 15 is 0 Å². The molecule has 5 heteroatoms. The number of thiol groups is 1. The van der Waals surface area contributed by atoms with Crippen molar-refractivity contribution < 1.29 is 4.79 Å². The van der Waals surface area contributed by atoms with E-state index in [1.807, 2.05) is 10.9 Å². The molecule has 0 saturated carbocycles. The first-order chi connectivity index (χ1) is 5.75. The van der Waals surface area contributed by atoms with Crippen molar-refractivity contribution in [2.75, 3.05) is 4.31 Å². The minimum Gasteiger partial charge on any atom is -0.249 e. The van der Waals surface area contributed by atoms with Gasteiger partial charge in [0.1, 0.15) is 0 Å². The molecular weight excluding hydrogens is 196 g/mol. The third-order valence-electron chi connectivity index (χ3n) is 1.27. The monoisotopic (exact) mass is 202 g/mol. The van der Waals surface area contributed by atoms with Crippen LogP contribution < -0.4 is 9.14 Å². The molecule has 0 saturated heterocycles. The first-order valence-corrected chi connectivity index (χ1v) is 3.98. The number of benzene rings is 1. The van der Waals surface area contributed by atoms with E-state index in [0.29, 0.717) is 5.69 Å². The molecule has 1 aromatic rings. The second kappa shape index (κ2) is 4.23. The zero-order chi connectivity index (χ0) is 8.97. The van der Waals surface area contributed by atoms with E-state index in [1.54, 1.807) is 24.3 Å². The number of carbonyl (C=O) groups excluding carboxylic acids is 1. The predicted molar refractivity (Wildman–Crippen MR) is 52.3 cm³/mol. The van der Waals surface area contributed by atoms with E-state index < -0.39 is 6.03 Å². The van der Waals surface area contributed by atoms with Crippen molar-refractivity contribution in [3.05, 3.63) is 30.3 Å². The molecule has 12 heavy (non-hydrogen) atoms. The molecule has 0 bridgehead atoms. The Morgan fingerprint density at radius 3 is 2.50 bits per heavy atom. The van der Waals surface area contributed by atoms with Gasteiger partial charge >= 0.3 is 6.03 Å². The van der Waals surface area contributed by atoms with Gasteiger partial charge in [0, 0.05) is 11.8 Å². The molecule has 3 nitrogen and oxygen atoms in total. The molecule has 0 unspecified atom stereocenters. The molecule has 0 aliphatic heterocycles. The number of para-hydroxylation sites is 1. The third-order valence-corrected chi connectivity index (χ3v) is 1.85. The highest BCUT2D eigenvalue weighted by Gasteiger charge is 2.08. The summed E-state index contributed by atoms with van der Waals surface area (Å²) >= 11 is 9.04. The molecule has 2 amide bonds. The molecule has 0 spiro atoms. The van der Waals surface area contributed by atoms with Crippen LogP contribution in [0.2, 0.25) is 0 Å². The Hall–Kier alpha value is -0.870. The van der Waals surface area contributed by atoms with E-state index in [9.17, 15) is 4.79 Å². The van der Waals surface area contributed by atoms with Gasteiger partial charge in [-0.25, -0.2) is 13.9 Å². The van der Waals surface area contributed by atoms with Crippen molar-refractivity contribution in [2.45, 2.75) is 0 Å². The van der Waals surface area contributed by atoms with Crippen molar-refractivity contribution in [1.29, 1.82) is 0 Å². The summed E-state index contributed by atoms with van der Waals surface area (Å²) in [7, 11) is 0. The molecule has 0 fully saturated rings. The average molecular weight is 203 g/mol. The van der Waals surface area contributed by atoms with Crippen molar-refractivity contribution in [3.8, 4) is 0 Å². The van der Waals surface area contributed by atoms with Gasteiger partial charge in [0.2, 0.25) is 0 Å². The van der Waals surface area contributed by atoms with Gasteiger partial charge in [-0.15, -0.1) is 0 Å². The normalized spacial score (nSPS) is 9.17. The topological polar surface area (TPSA) is 32.3 Å². The SMILES string of the molecule is O=C(NCl)N(S)c1ccccc1. The fourth-order valence-electron chi connectivity index (χ4n) is 0.726. The summed E-state index contributed by atoms with van der Waals surface area (Å²) in [5, 5.41) is 0. The molecule has 0 aromatic heterocycles. The molecule has 0 heterocycles. The number of amides is 2. The van der Waals surface area contributed by atoms with Crippen LogP contribution in [0.4, 0.5) is 10.5 Å². The van der Waals surface area contributed by atoms with E-state index in [-0.39, 0.29) is 0 Å². The lowest BCUT2D eigenvalue weighted by molar-refractivity contribution is 0.254. The Labute approximate surface area is 81.0 Å². The summed E-state index contributed by atoms with van der Waals surface area (Å²) in [4.78, 5) is 12.9. The van der Waals surface area contributed by atoms with Crippen LogP contribution >= 0.6 is 24.6 Å². The summed E-state index contributed by atoms with van der Waals surface area (Å²) in [6.07, 6.45) is 0. The Kier molecular flexibility index (Phi) is 3.25. The van der Waals surface area contributed by atoms with E-state index in [4.69, 9.17) is 11.8 Å². The lowest BCUT2D eigenvalue weighted by Crippen LogP contribution is -2.27. The van der Waals surface area contributed by atoms with Gasteiger partial charge in [0.15, 0.2) is 0 Å². The maximum absolute atomic E-state index is 10.9. The zero-order valence-electron chi connectivity index (χ0n) is 6.07. The number of anilines is 1. The molecule has 0 aliphatic carbocycles. The van der Waals surface area contributed by atoms with Gasteiger partial charge in [-0.3, -0.25) is 0 Å². The number of rotatable bonds is 1. The number of nitrogens with zero attached hydrogens (tertiary/aromatic N) is 1. The van der Waals surface area contributed by atoms with Crippen molar-refractivity contribution in [2.24, 2.45) is 0 Å². The van der Waals surface area contributed by atoms with E-state index in [1.165, 1.54) is 0 Å². The summed E-state index contributed by atoms with van der Waals surface area (Å²) in [5.74, 6) is 0. The highest BCUT2D eigenvalue weighted by molar-refractivity contribution is 7.82. The number of nitrogens with one attached hydrogen (secondary N) is 1. The van der Waals surface area contributed by atoms with Crippen LogP contribution in [-0.4, -0.2) is 6.03 Å². The Morgan fingerprint density at radius 1 is 1.42 bits per heavy atom. The average Bonchev–Trinajstić information content (AvgIpc) is 2.17. The van der Waals surface area contributed by atoms with Gasteiger partial charge < -0.3 is 0 Å². The largest absolute Gasteiger partial charge is 0.346 e. The molecule has 0 aliphatic rings. The van der Waals surface area contributed by atoms with Crippen LogP contribution in [0.15, 0.2) is 30.3 Å². The van der Waals surface area contributed by atoms with Gasteiger partial charge in [-0.1, -0.05) is 31.0 Å². The Balaban J connectivity index is 2.78. The number of hydrogen-bond acceptors (Lipinski definition) is 2. The molecule has 1 N–H and O–H groups in total. The summed E-state index contributed by atoms with van der Waals surface area (Å²) < 4.78 is 1.12. The van der Waals surface area contributed by atoms with Crippen LogP contribution in [0.3, 0.4) is 0 Å².